The molecule has 0 atom stereocenters. The molecular formula is C14H12N2O3. The fourth-order valence-electron chi connectivity index (χ4n) is 1.67. The van der Waals surface area contributed by atoms with Crippen LogP contribution in [-0.4, -0.2) is 28.5 Å². The third-order valence-electron chi connectivity index (χ3n) is 2.53. The van der Waals surface area contributed by atoms with Crippen LogP contribution in [-0.2, 0) is 4.79 Å². The molecule has 0 unspecified atom stereocenters. The molecule has 1 amide bonds. The van der Waals surface area contributed by atoms with Gasteiger partial charge in [0.05, 0.1) is 0 Å². The van der Waals surface area contributed by atoms with E-state index in [2.05, 4.69) is 4.98 Å². The molecule has 1 N–H and O–H groups in total. The summed E-state index contributed by atoms with van der Waals surface area (Å²) in [6, 6.07) is 11.8. The standard InChI is InChI=1S/C14H12N2O3/c17-13(18)10-16(12-4-2-1-3-5-12)14(19)11-6-8-15-9-7-11/h1-9H,10H2,(H,17,18). The number of para-hydroxylation sites is 1. The number of carboxylic acid groups (broad SMARTS) is 1. The van der Waals surface area contributed by atoms with E-state index in [1.807, 2.05) is 0 Å². The summed E-state index contributed by atoms with van der Waals surface area (Å²) in [5.74, 6) is -1.43. The normalized spacial score (nSPS) is 9.89. The Morgan fingerprint density at radius 2 is 1.68 bits per heavy atom. The highest BCUT2D eigenvalue weighted by Gasteiger charge is 2.19. The van der Waals surface area contributed by atoms with Gasteiger partial charge in [0.25, 0.3) is 5.91 Å². The number of aromatic nitrogens is 1. The molecule has 0 spiro atoms. The second kappa shape index (κ2) is 5.77. The topological polar surface area (TPSA) is 70.5 Å². The molecule has 5 heteroatoms. The number of carbonyl (C=O) groups excluding carboxylic acids is 1. The molecule has 1 aromatic heterocycles. The minimum atomic E-state index is -1.06. The molecule has 2 aromatic rings. The van der Waals surface area contributed by atoms with E-state index in [1.165, 1.54) is 17.3 Å². The average Bonchev–Trinajstić information content (AvgIpc) is 2.46. The minimum Gasteiger partial charge on any atom is -0.480 e. The van der Waals surface area contributed by atoms with Gasteiger partial charge in [-0.05, 0) is 24.3 Å². The zero-order chi connectivity index (χ0) is 13.7. The van der Waals surface area contributed by atoms with Crippen molar-refractivity contribution >= 4 is 17.6 Å². The summed E-state index contributed by atoms with van der Waals surface area (Å²) in [4.78, 5) is 28.3. The first-order valence-corrected chi connectivity index (χ1v) is 5.67. The lowest BCUT2D eigenvalue weighted by Gasteiger charge is -2.20. The van der Waals surface area contributed by atoms with Crippen LogP contribution in [0.1, 0.15) is 10.4 Å². The Bertz CT molecular complexity index is 570. The van der Waals surface area contributed by atoms with Gasteiger partial charge in [0.15, 0.2) is 0 Å². The van der Waals surface area contributed by atoms with Crippen molar-refractivity contribution in [2.45, 2.75) is 0 Å². The second-order valence-corrected chi connectivity index (χ2v) is 3.86. The molecule has 0 saturated heterocycles. The molecule has 5 nitrogen and oxygen atoms in total. The Morgan fingerprint density at radius 1 is 1.05 bits per heavy atom. The number of benzene rings is 1. The highest BCUT2D eigenvalue weighted by atomic mass is 16.4. The predicted molar refractivity (Wildman–Crippen MR) is 70.0 cm³/mol. The van der Waals surface area contributed by atoms with Gasteiger partial charge in [-0.3, -0.25) is 19.5 Å². The first-order valence-electron chi connectivity index (χ1n) is 5.67. The van der Waals surface area contributed by atoms with Crippen molar-refractivity contribution in [1.82, 2.24) is 4.98 Å². The smallest absolute Gasteiger partial charge is 0.323 e. The maximum atomic E-state index is 12.3. The van der Waals surface area contributed by atoms with E-state index < -0.39 is 5.97 Å². The summed E-state index contributed by atoms with van der Waals surface area (Å²) in [5.41, 5.74) is 0.951. The number of carbonyl (C=O) groups is 2. The molecule has 0 aliphatic carbocycles. The van der Waals surface area contributed by atoms with Crippen molar-refractivity contribution in [1.29, 1.82) is 0 Å². The molecular weight excluding hydrogens is 244 g/mol. The highest BCUT2D eigenvalue weighted by molar-refractivity contribution is 6.08. The second-order valence-electron chi connectivity index (χ2n) is 3.86. The first kappa shape index (κ1) is 12.8. The van der Waals surface area contributed by atoms with Gasteiger partial charge in [0.2, 0.25) is 0 Å². The summed E-state index contributed by atoms with van der Waals surface area (Å²) < 4.78 is 0. The Labute approximate surface area is 110 Å². The molecule has 1 aromatic carbocycles. The third kappa shape index (κ3) is 3.16. The fourth-order valence-corrected chi connectivity index (χ4v) is 1.67. The lowest BCUT2D eigenvalue weighted by Crippen LogP contribution is -2.35. The molecule has 0 radical (unpaired) electrons. The molecule has 0 aliphatic rings. The van der Waals surface area contributed by atoms with E-state index in [9.17, 15) is 9.59 Å². The van der Waals surface area contributed by atoms with E-state index in [-0.39, 0.29) is 12.5 Å². The zero-order valence-electron chi connectivity index (χ0n) is 10.1. The van der Waals surface area contributed by atoms with Gasteiger partial charge in [-0.1, -0.05) is 18.2 Å². The number of carboxylic acids is 1. The summed E-state index contributed by atoms with van der Waals surface area (Å²) in [6.45, 7) is -0.384. The van der Waals surface area contributed by atoms with Gasteiger partial charge in [-0.2, -0.15) is 0 Å². The molecule has 0 aliphatic heterocycles. The van der Waals surface area contributed by atoms with Crippen molar-refractivity contribution in [3.63, 3.8) is 0 Å². The van der Waals surface area contributed by atoms with E-state index in [1.54, 1.807) is 42.5 Å². The predicted octanol–water partition coefficient (Wildman–Crippen LogP) is 1.81. The van der Waals surface area contributed by atoms with Crippen LogP contribution in [0.2, 0.25) is 0 Å². The zero-order valence-corrected chi connectivity index (χ0v) is 10.1. The van der Waals surface area contributed by atoms with Crippen LogP contribution < -0.4 is 4.90 Å². The fraction of sp³-hybridized carbons (Fsp3) is 0.0714. The number of hydrogen-bond donors (Lipinski definition) is 1. The van der Waals surface area contributed by atoms with Gasteiger partial charge in [-0.15, -0.1) is 0 Å². The Balaban J connectivity index is 2.33. The average molecular weight is 256 g/mol. The first-order chi connectivity index (χ1) is 9.18. The van der Waals surface area contributed by atoms with E-state index in [0.29, 0.717) is 11.3 Å². The lowest BCUT2D eigenvalue weighted by atomic mass is 10.2. The quantitative estimate of drug-likeness (QED) is 0.905. The van der Waals surface area contributed by atoms with Crippen molar-refractivity contribution in [3.8, 4) is 0 Å². The largest absolute Gasteiger partial charge is 0.480 e. The van der Waals surface area contributed by atoms with Crippen molar-refractivity contribution in [2.24, 2.45) is 0 Å². The Kier molecular flexibility index (Phi) is 3.87. The molecule has 0 saturated carbocycles. The number of rotatable bonds is 4. The van der Waals surface area contributed by atoms with Crippen molar-refractivity contribution in [2.75, 3.05) is 11.4 Å². The number of aliphatic carboxylic acids is 1. The summed E-state index contributed by atoms with van der Waals surface area (Å²) in [5, 5.41) is 8.93. The third-order valence-corrected chi connectivity index (χ3v) is 2.53. The number of pyridine rings is 1. The highest BCUT2D eigenvalue weighted by Crippen LogP contribution is 2.16. The van der Waals surface area contributed by atoms with Crippen LogP contribution >= 0.6 is 0 Å². The molecule has 19 heavy (non-hydrogen) atoms. The summed E-state index contributed by atoms with van der Waals surface area (Å²) in [7, 11) is 0. The van der Waals surface area contributed by atoms with Crippen LogP contribution in [0.5, 0.6) is 0 Å². The Morgan fingerprint density at radius 3 is 2.26 bits per heavy atom. The minimum absolute atomic E-state index is 0.365. The van der Waals surface area contributed by atoms with Crippen LogP contribution in [0.25, 0.3) is 0 Å². The van der Waals surface area contributed by atoms with Gasteiger partial charge in [0, 0.05) is 23.6 Å². The number of anilines is 1. The van der Waals surface area contributed by atoms with E-state index >= 15 is 0 Å². The maximum Gasteiger partial charge on any atom is 0.323 e. The van der Waals surface area contributed by atoms with Crippen LogP contribution in [0.4, 0.5) is 5.69 Å². The molecule has 2 rings (SSSR count). The molecule has 96 valence electrons. The van der Waals surface area contributed by atoms with E-state index in [4.69, 9.17) is 5.11 Å². The van der Waals surface area contributed by atoms with Crippen LogP contribution in [0, 0.1) is 0 Å². The molecule has 0 bridgehead atoms. The van der Waals surface area contributed by atoms with Crippen molar-refractivity contribution < 1.29 is 14.7 Å². The Hall–Kier alpha value is -2.69. The summed E-state index contributed by atoms with van der Waals surface area (Å²) >= 11 is 0. The van der Waals surface area contributed by atoms with Gasteiger partial charge < -0.3 is 5.11 Å². The maximum absolute atomic E-state index is 12.3. The van der Waals surface area contributed by atoms with Gasteiger partial charge in [-0.25, -0.2) is 0 Å². The van der Waals surface area contributed by atoms with Crippen LogP contribution in [0.3, 0.4) is 0 Å². The molecule has 0 fully saturated rings. The number of nitrogens with zero attached hydrogens (tertiary/aromatic N) is 2. The number of amides is 1. The summed E-state index contributed by atoms with van der Waals surface area (Å²) in [6.07, 6.45) is 2.99. The van der Waals surface area contributed by atoms with Crippen LogP contribution in [0.15, 0.2) is 54.9 Å². The number of hydrogen-bond acceptors (Lipinski definition) is 3. The van der Waals surface area contributed by atoms with Gasteiger partial charge >= 0.3 is 5.97 Å². The SMILES string of the molecule is O=C(O)CN(C(=O)c1ccncc1)c1ccccc1. The van der Waals surface area contributed by atoms with E-state index in [0.717, 1.165) is 0 Å². The monoisotopic (exact) mass is 256 g/mol. The van der Waals surface area contributed by atoms with Crippen molar-refractivity contribution in [3.05, 3.63) is 60.4 Å². The lowest BCUT2D eigenvalue weighted by molar-refractivity contribution is -0.135. The molecule has 1 heterocycles. The van der Waals surface area contributed by atoms with Gasteiger partial charge in [0.1, 0.15) is 6.54 Å².